The van der Waals surface area contributed by atoms with Crippen LogP contribution >= 0.6 is 0 Å². The molecule has 0 spiro atoms. The number of aromatic nitrogens is 1. The molecule has 1 heterocycles. The van der Waals surface area contributed by atoms with Gasteiger partial charge in [-0.2, -0.15) is 0 Å². The first-order valence-corrected chi connectivity index (χ1v) is 9.11. The van der Waals surface area contributed by atoms with E-state index >= 15 is 0 Å². The van der Waals surface area contributed by atoms with Gasteiger partial charge in [0.1, 0.15) is 5.25 Å². The Hall–Kier alpha value is -1.82. The molecule has 1 amide bonds. The van der Waals surface area contributed by atoms with Crippen molar-refractivity contribution in [3.8, 4) is 0 Å². The minimum Gasteiger partial charge on any atom is -0.358 e. The molecule has 22 heavy (non-hydrogen) atoms. The lowest BCUT2D eigenvalue weighted by molar-refractivity contribution is -0.120. The molecule has 0 aliphatic heterocycles. The number of fused-ring (bicyclic) bond motifs is 1. The molecule has 0 saturated heterocycles. The highest BCUT2D eigenvalue weighted by Gasteiger charge is 2.23. The largest absolute Gasteiger partial charge is 0.358 e. The van der Waals surface area contributed by atoms with Crippen molar-refractivity contribution >= 4 is 26.6 Å². The monoisotopic (exact) mass is 322 g/mol. The number of sulfone groups is 1. The van der Waals surface area contributed by atoms with Gasteiger partial charge in [0.15, 0.2) is 9.84 Å². The fourth-order valence-electron chi connectivity index (χ4n) is 2.45. The van der Waals surface area contributed by atoms with Crippen LogP contribution in [0.1, 0.15) is 29.3 Å². The fourth-order valence-corrected chi connectivity index (χ4v) is 2.92. The molecule has 6 heteroatoms. The Kier molecular flexibility index (Phi) is 4.33. The van der Waals surface area contributed by atoms with Crippen molar-refractivity contribution in [3.05, 3.63) is 34.5 Å². The summed E-state index contributed by atoms with van der Waals surface area (Å²) in [6.07, 6.45) is 1.07. The lowest BCUT2D eigenvalue weighted by Crippen LogP contribution is -2.37. The van der Waals surface area contributed by atoms with Gasteiger partial charge in [0.25, 0.3) is 0 Å². The number of carbonyl (C=O) groups excluding carboxylic acids is 1. The maximum absolute atomic E-state index is 12.0. The van der Waals surface area contributed by atoms with E-state index in [1.54, 1.807) is 0 Å². The lowest BCUT2D eigenvalue weighted by atomic mass is 10.0. The van der Waals surface area contributed by atoms with Crippen LogP contribution in [0.15, 0.2) is 12.1 Å². The average molecular weight is 322 g/mol. The first kappa shape index (κ1) is 16.5. The van der Waals surface area contributed by atoms with Crippen molar-refractivity contribution in [1.82, 2.24) is 10.3 Å². The second-order valence-electron chi connectivity index (χ2n) is 5.91. The molecule has 0 saturated carbocycles. The number of carbonyl (C=O) groups is 1. The molecule has 2 rings (SSSR count). The first-order chi connectivity index (χ1) is 10.1. The van der Waals surface area contributed by atoms with Crippen LogP contribution in [0.25, 0.3) is 10.9 Å². The Morgan fingerprint density at radius 1 is 1.27 bits per heavy atom. The average Bonchev–Trinajstić information content (AvgIpc) is 2.70. The van der Waals surface area contributed by atoms with E-state index in [-0.39, 0.29) is 0 Å². The molecule has 2 N–H and O–H groups in total. The maximum Gasteiger partial charge on any atom is 0.238 e. The predicted octanol–water partition coefficient (Wildman–Crippen LogP) is 2.14. The van der Waals surface area contributed by atoms with Crippen molar-refractivity contribution in [2.45, 2.75) is 39.5 Å². The molecule has 0 aliphatic rings. The number of nitrogens with one attached hydrogen (secondary N) is 2. The van der Waals surface area contributed by atoms with E-state index in [1.807, 2.05) is 19.9 Å². The molecule has 1 aromatic heterocycles. The van der Waals surface area contributed by atoms with Crippen LogP contribution in [-0.4, -0.2) is 30.8 Å². The normalized spacial score (nSPS) is 13.3. The summed E-state index contributed by atoms with van der Waals surface area (Å²) in [5.74, 6) is -0.475. The van der Waals surface area contributed by atoms with Crippen LogP contribution in [0.5, 0.6) is 0 Å². The van der Waals surface area contributed by atoms with Gasteiger partial charge in [-0.1, -0.05) is 11.6 Å². The summed E-state index contributed by atoms with van der Waals surface area (Å²) >= 11 is 0. The quantitative estimate of drug-likeness (QED) is 0.905. The Labute approximate surface area is 131 Å². The number of H-pyrrole nitrogens is 1. The molecule has 1 atom stereocenters. The molecule has 0 unspecified atom stereocenters. The molecule has 0 bridgehead atoms. The van der Waals surface area contributed by atoms with E-state index in [2.05, 4.69) is 23.3 Å². The van der Waals surface area contributed by atoms with Crippen LogP contribution in [0.2, 0.25) is 0 Å². The summed E-state index contributed by atoms with van der Waals surface area (Å²) in [7, 11) is -3.38. The van der Waals surface area contributed by atoms with Crippen LogP contribution in [0.3, 0.4) is 0 Å². The van der Waals surface area contributed by atoms with Gasteiger partial charge in [-0.25, -0.2) is 8.42 Å². The minimum atomic E-state index is -3.38. The summed E-state index contributed by atoms with van der Waals surface area (Å²) in [4.78, 5) is 15.3. The second kappa shape index (κ2) is 5.76. The Bertz CT molecular complexity index is 835. The molecule has 0 aliphatic carbocycles. The third kappa shape index (κ3) is 3.16. The number of amides is 1. The highest BCUT2D eigenvalue weighted by molar-refractivity contribution is 7.92. The van der Waals surface area contributed by atoms with Crippen molar-refractivity contribution in [1.29, 1.82) is 0 Å². The van der Waals surface area contributed by atoms with E-state index in [4.69, 9.17) is 0 Å². The van der Waals surface area contributed by atoms with Gasteiger partial charge in [-0.3, -0.25) is 4.79 Å². The van der Waals surface area contributed by atoms with Crippen molar-refractivity contribution in [2.75, 3.05) is 6.26 Å². The van der Waals surface area contributed by atoms with E-state index in [1.165, 1.54) is 12.5 Å². The van der Waals surface area contributed by atoms with Gasteiger partial charge in [0.05, 0.1) is 5.52 Å². The topological polar surface area (TPSA) is 79.0 Å². The van der Waals surface area contributed by atoms with Gasteiger partial charge in [0, 0.05) is 23.9 Å². The molecule has 1 aromatic carbocycles. The zero-order chi connectivity index (χ0) is 16.7. The van der Waals surface area contributed by atoms with E-state index in [0.717, 1.165) is 34.0 Å². The number of hydrogen-bond acceptors (Lipinski definition) is 3. The highest BCUT2D eigenvalue weighted by atomic mass is 32.2. The van der Waals surface area contributed by atoms with Crippen LogP contribution in [0.4, 0.5) is 0 Å². The fraction of sp³-hybridized carbons (Fsp3) is 0.438. The van der Waals surface area contributed by atoms with Gasteiger partial charge in [-0.05, 0) is 44.9 Å². The predicted molar refractivity (Wildman–Crippen MR) is 88.7 cm³/mol. The minimum absolute atomic E-state index is 0.302. The van der Waals surface area contributed by atoms with Crippen LogP contribution in [-0.2, 0) is 21.2 Å². The smallest absolute Gasteiger partial charge is 0.238 e. The SMILES string of the molecule is Cc1cc(CNC(=O)[C@H](C)S(C)(=O)=O)c2[nH]c(C)c(C)c2c1. The van der Waals surface area contributed by atoms with Crippen molar-refractivity contribution < 1.29 is 13.2 Å². The Morgan fingerprint density at radius 2 is 1.91 bits per heavy atom. The number of benzene rings is 1. The molecule has 120 valence electrons. The zero-order valence-corrected chi connectivity index (χ0v) is 14.4. The molecule has 5 nitrogen and oxygen atoms in total. The Balaban J connectivity index is 2.29. The summed E-state index contributed by atoms with van der Waals surface area (Å²) in [5, 5.41) is 2.81. The van der Waals surface area contributed by atoms with E-state index < -0.39 is 21.0 Å². The zero-order valence-electron chi connectivity index (χ0n) is 13.6. The Morgan fingerprint density at radius 3 is 2.50 bits per heavy atom. The number of aryl methyl sites for hydroxylation is 3. The second-order valence-corrected chi connectivity index (χ2v) is 8.28. The van der Waals surface area contributed by atoms with Gasteiger partial charge in [-0.15, -0.1) is 0 Å². The lowest BCUT2D eigenvalue weighted by Gasteiger charge is -2.11. The van der Waals surface area contributed by atoms with Crippen molar-refractivity contribution in [3.63, 3.8) is 0 Å². The van der Waals surface area contributed by atoms with Gasteiger partial charge < -0.3 is 10.3 Å². The van der Waals surface area contributed by atoms with Crippen LogP contribution in [0, 0.1) is 20.8 Å². The summed E-state index contributed by atoms with van der Waals surface area (Å²) in [6, 6.07) is 4.11. The summed E-state index contributed by atoms with van der Waals surface area (Å²) in [6.45, 7) is 7.78. The molecule has 0 radical (unpaired) electrons. The third-order valence-electron chi connectivity index (χ3n) is 4.11. The number of rotatable bonds is 4. The van der Waals surface area contributed by atoms with Crippen molar-refractivity contribution in [2.24, 2.45) is 0 Å². The van der Waals surface area contributed by atoms with Crippen LogP contribution < -0.4 is 5.32 Å². The third-order valence-corrected chi connectivity index (χ3v) is 5.61. The van der Waals surface area contributed by atoms with Gasteiger partial charge in [0.2, 0.25) is 5.91 Å². The number of aromatic amines is 1. The van der Waals surface area contributed by atoms with E-state index in [9.17, 15) is 13.2 Å². The molecular formula is C16H22N2O3S. The first-order valence-electron chi connectivity index (χ1n) is 7.16. The number of hydrogen-bond donors (Lipinski definition) is 2. The summed E-state index contributed by atoms with van der Waals surface area (Å²) < 4.78 is 22.9. The maximum atomic E-state index is 12.0. The standard InChI is InChI=1S/C16H22N2O3S/c1-9-6-13(8-17-16(19)12(4)22(5,20)21)15-14(7-9)10(2)11(3)18-15/h6-7,12,18H,8H2,1-5H3,(H,17,19)/t12-/m0/s1. The van der Waals surface area contributed by atoms with Gasteiger partial charge >= 0.3 is 0 Å². The summed E-state index contributed by atoms with van der Waals surface area (Å²) in [5.41, 5.74) is 5.34. The highest BCUT2D eigenvalue weighted by Crippen LogP contribution is 2.26. The molecule has 2 aromatic rings. The molecule has 0 fully saturated rings. The van der Waals surface area contributed by atoms with E-state index in [0.29, 0.717) is 6.54 Å². The molecular weight excluding hydrogens is 300 g/mol.